The summed E-state index contributed by atoms with van der Waals surface area (Å²) >= 11 is 0. The molecule has 1 saturated heterocycles. The van der Waals surface area contributed by atoms with Crippen molar-refractivity contribution in [2.75, 3.05) is 24.5 Å². The standard InChI is InChI=1S/C16H28N4/c1-2-3-4-5-6-9-17-12-15-13-18-16(19-14-15)20-10-7-8-11-20/h13-14,17H,2-12H2,1H3. The van der Waals surface area contributed by atoms with Crippen LogP contribution in [0.4, 0.5) is 5.95 Å². The predicted molar refractivity (Wildman–Crippen MR) is 83.9 cm³/mol. The zero-order chi connectivity index (χ0) is 14.0. The fraction of sp³-hybridized carbons (Fsp3) is 0.750. The zero-order valence-electron chi connectivity index (χ0n) is 12.8. The summed E-state index contributed by atoms with van der Waals surface area (Å²) in [6.07, 6.45) is 13.1. The van der Waals surface area contributed by atoms with E-state index in [-0.39, 0.29) is 0 Å². The summed E-state index contributed by atoms with van der Waals surface area (Å²) in [6.45, 7) is 6.44. The lowest BCUT2D eigenvalue weighted by atomic mass is 10.1. The van der Waals surface area contributed by atoms with Gasteiger partial charge in [-0.15, -0.1) is 0 Å². The lowest BCUT2D eigenvalue weighted by Crippen LogP contribution is -2.21. The van der Waals surface area contributed by atoms with E-state index >= 15 is 0 Å². The van der Waals surface area contributed by atoms with E-state index in [0.717, 1.165) is 32.1 Å². The van der Waals surface area contributed by atoms with E-state index in [2.05, 4.69) is 27.1 Å². The van der Waals surface area contributed by atoms with Crippen LogP contribution >= 0.6 is 0 Å². The first kappa shape index (κ1) is 15.2. The van der Waals surface area contributed by atoms with Gasteiger partial charge in [0.25, 0.3) is 0 Å². The van der Waals surface area contributed by atoms with Crippen molar-refractivity contribution in [1.82, 2.24) is 15.3 Å². The minimum absolute atomic E-state index is 0.883. The highest BCUT2D eigenvalue weighted by atomic mass is 15.3. The van der Waals surface area contributed by atoms with E-state index in [1.165, 1.54) is 50.5 Å². The van der Waals surface area contributed by atoms with Crippen molar-refractivity contribution < 1.29 is 0 Å². The average molecular weight is 276 g/mol. The molecule has 0 aliphatic carbocycles. The van der Waals surface area contributed by atoms with Crippen LogP contribution in [0.5, 0.6) is 0 Å². The third kappa shape index (κ3) is 5.08. The van der Waals surface area contributed by atoms with E-state index in [1.54, 1.807) is 0 Å². The molecule has 0 aromatic carbocycles. The van der Waals surface area contributed by atoms with Gasteiger partial charge in [0.1, 0.15) is 0 Å². The highest BCUT2D eigenvalue weighted by Gasteiger charge is 2.14. The molecule has 20 heavy (non-hydrogen) atoms. The number of rotatable bonds is 9. The Morgan fingerprint density at radius 2 is 1.75 bits per heavy atom. The van der Waals surface area contributed by atoms with Crippen LogP contribution in [-0.4, -0.2) is 29.6 Å². The number of nitrogens with zero attached hydrogens (tertiary/aromatic N) is 3. The topological polar surface area (TPSA) is 41.1 Å². The smallest absolute Gasteiger partial charge is 0.225 e. The van der Waals surface area contributed by atoms with Gasteiger partial charge in [-0.25, -0.2) is 9.97 Å². The lowest BCUT2D eigenvalue weighted by Gasteiger charge is -2.14. The van der Waals surface area contributed by atoms with Crippen LogP contribution in [0.2, 0.25) is 0 Å². The molecule has 0 atom stereocenters. The van der Waals surface area contributed by atoms with Crippen molar-refractivity contribution in [2.24, 2.45) is 0 Å². The summed E-state index contributed by atoms with van der Waals surface area (Å²) in [6, 6.07) is 0. The summed E-state index contributed by atoms with van der Waals surface area (Å²) in [5.74, 6) is 0.894. The van der Waals surface area contributed by atoms with Gasteiger partial charge in [-0.1, -0.05) is 32.6 Å². The monoisotopic (exact) mass is 276 g/mol. The summed E-state index contributed by atoms with van der Waals surface area (Å²) in [4.78, 5) is 11.2. The van der Waals surface area contributed by atoms with Gasteiger partial charge in [0, 0.05) is 37.6 Å². The molecule has 4 nitrogen and oxygen atoms in total. The Morgan fingerprint density at radius 3 is 2.45 bits per heavy atom. The maximum absolute atomic E-state index is 4.47. The van der Waals surface area contributed by atoms with Crippen molar-refractivity contribution in [3.8, 4) is 0 Å². The lowest BCUT2D eigenvalue weighted by molar-refractivity contribution is 0.582. The fourth-order valence-electron chi connectivity index (χ4n) is 2.61. The molecule has 0 saturated carbocycles. The summed E-state index contributed by atoms with van der Waals surface area (Å²) in [5, 5.41) is 3.47. The van der Waals surface area contributed by atoms with Crippen LogP contribution in [0.15, 0.2) is 12.4 Å². The summed E-state index contributed by atoms with van der Waals surface area (Å²) in [7, 11) is 0. The van der Waals surface area contributed by atoms with Gasteiger partial charge in [-0.3, -0.25) is 0 Å². The molecule has 1 aliphatic heterocycles. The third-order valence-corrected chi connectivity index (χ3v) is 3.87. The van der Waals surface area contributed by atoms with Crippen LogP contribution in [-0.2, 0) is 6.54 Å². The molecule has 2 heterocycles. The molecule has 0 bridgehead atoms. The second kappa shape index (κ2) is 8.90. The number of anilines is 1. The van der Waals surface area contributed by atoms with Crippen molar-refractivity contribution in [1.29, 1.82) is 0 Å². The molecule has 0 radical (unpaired) electrons. The van der Waals surface area contributed by atoms with E-state index in [9.17, 15) is 0 Å². The first-order chi connectivity index (χ1) is 9.90. The molecular formula is C16H28N4. The molecule has 0 spiro atoms. The summed E-state index contributed by atoms with van der Waals surface area (Å²) in [5.41, 5.74) is 1.18. The minimum Gasteiger partial charge on any atom is -0.341 e. The second-order valence-electron chi connectivity index (χ2n) is 5.68. The molecule has 1 aromatic rings. The highest BCUT2D eigenvalue weighted by molar-refractivity contribution is 5.30. The van der Waals surface area contributed by atoms with Crippen molar-refractivity contribution in [2.45, 2.75) is 58.4 Å². The Hall–Kier alpha value is -1.16. The maximum Gasteiger partial charge on any atom is 0.225 e. The fourth-order valence-corrected chi connectivity index (χ4v) is 2.61. The molecule has 1 N–H and O–H groups in total. The number of hydrogen-bond acceptors (Lipinski definition) is 4. The number of nitrogens with one attached hydrogen (secondary N) is 1. The van der Waals surface area contributed by atoms with Gasteiger partial charge in [-0.05, 0) is 25.8 Å². The largest absolute Gasteiger partial charge is 0.341 e. The van der Waals surface area contributed by atoms with Gasteiger partial charge in [0.15, 0.2) is 0 Å². The first-order valence-electron chi connectivity index (χ1n) is 8.16. The van der Waals surface area contributed by atoms with Crippen LogP contribution in [0, 0.1) is 0 Å². The van der Waals surface area contributed by atoms with E-state index in [0.29, 0.717) is 0 Å². The van der Waals surface area contributed by atoms with Gasteiger partial charge in [0.05, 0.1) is 0 Å². The molecule has 1 fully saturated rings. The SMILES string of the molecule is CCCCCCCNCc1cnc(N2CCCC2)nc1. The number of unbranched alkanes of at least 4 members (excludes halogenated alkanes) is 4. The molecule has 1 aliphatic rings. The first-order valence-corrected chi connectivity index (χ1v) is 8.16. The Bertz CT molecular complexity index is 357. The average Bonchev–Trinajstić information content (AvgIpc) is 3.01. The van der Waals surface area contributed by atoms with Crippen LogP contribution in [0.3, 0.4) is 0 Å². The quantitative estimate of drug-likeness (QED) is 0.704. The molecule has 4 heteroatoms. The van der Waals surface area contributed by atoms with Gasteiger partial charge >= 0.3 is 0 Å². The van der Waals surface area contributed by atoms with Crippen LogP contribution in [0.25, 0.3) is 0 Å². The summed E-state index contributed by atoms with van der Waals surface area (Å²) < 4.78 is 0. The van der Waals surface area contributed by atoms with Crippen molar-refractivity contribution in [3.63, 3.8) is 0 Å². The van der Waals surface area contributed by atoms with Crippen molar-refractivity contribution >= 4 is 5.95 Å². The Morgan fingerprint density at radius 1 is 1.05 bits per heavy atom. The predicted octanol–water partition coefficient (Wildman–Crippen LogP) is 3.14. The van der Waals surface area contributed by atoms with Crippen LogP contribution < -0.4 is 10.2 Å². The molecular weight excluding hydrogens is 248 g/mol. The van der Waals surface area contributed by atoms with Crippen molar-refractivity contribution in [3.05, 3.63) is 18.0 Å². The Balaban J connectivity index is 1.61. The molecule has 112 valence electrons. The second-order valence-corrected chi connectivity index (χ2v) is 5.68. The van der Waals surface area contributed by atoms with Gasteiger partial charge < -0.3 is 10.2 Å². The van der Waals surface area contributed by atoms with E-state index in [1.807, 2.05) is 12.4 Å². The van der Waals surface area contributed by atoms with Gasteiger partial charge in [0.2, 0.25) is 5.95 Å². The van der Waals surface area contributed by atoms with Gasteiger partial charge in [-0.2, -0.15) is 0 Å². The minimum atomic E-state index is 0.883. The molecule has 1 aromatic heterocycles. The number of aromatic nitrogens is 2. The maximum atomic E-state index is 4.47. The highest BCUT2D eigenvalue weighted by Crippen LogP contribution is 2.14. The number of hydrogen-bond donors (Lipinski definition) is 1. The Kier molecular flexibility index (Phi) is 6.78. The van der Waals surface area contributed by atoms with Crippen LogP contribution in [0.1, 0.15) is 57.4 Å². The zero-order valence-corrected chi connectivity index (χ0v) is 12.8. The molecule has 2 rings (SSSR count). The molecule has 0 amide bonds. The van der Waals surface area contributed by atoms with E-state index < -0.39 is 0 Å². The molecule has 0 unspecified atom stereocenters. The third-order valence-electron chi connectivity index (χ3n) is 3.87. The van der Waals surface area contributed by atoms with E-state index in [4.69, 9.17) is 0 Å². The Labute approximate surface area is 123 Å². The normalized spacial score (nSPS) is 14.9.